The van der Waals surface area contributed by atoms with Crippen LogP contribution in [0, 0.1) is 5.92 Å². The Kier molecular flexibility index (Phi) is 3.76. The van der Waals surface area contributed by atoms with E-state index in [9.17, 15) is 0 Å². The lowest BCUT2D eigenvalue weighted by Crippen LogP contribution is -2.35. The molecule has 1 aliphatic carbocycles. The minimum absolute atomic E-state index is 0.405. The monoisotopic (exact) mass is 301 g/mol. The van der Waals surface area contributed by atoms with Crippen LogP contribution in [-0.4, -0.2) is 34.4 Å². The van der Waals surface area contributed by atoms with Gasteiger partial charge in [-0.05, 0) is 24.8 Å². The van der Waals surface area contributed by atoms with Crippen LogP contribution in [0.25, 0.3) is 0 Å². The zero-order valence-corrected chi connectivity index (χ0v) is 13.1. The van der Waals surface area contributed by atoms with Crippen molar-refractivity contribution in [3.63, 3.8) is 0 Å². The number of rotatable bonds is 6. The van der Waals surface area contributed by atoms with Crippen LogP contribution in [0.1, 0.15) is 35.6 Å². The molecule has 3 heterocycles. The van der Waals surface area contributed by atoms with Crippen molar-refractivity contribution in [2.75, 3.05) is 19.8 Å². The first-order valence-electron chi connectivity index (χ1n) is 8.11. The van der Waals surface area contributed by atoms with Crippen LogP contribution in [0.2, 0.25) is 0 Å². The van der Waals surface area contributed by atoms with Crippen LogP contribution < -0.4 is 0 Å². The predicted octanol–water partition coefficient (Wildman–Crippen LogP) is 2.54. The summed E-state index contributed by atoms with van der Waals surface area (Å²) in [6.45, 7) is 4.61. The molecule has 118 valence electrons. The molecule has 0 spiro atoms. The van der Waals surface area contributed by atoms with Gasteiger partial charge in [0.1, 0.15) is 0 Å². The van der Waals surface area contributed by atoms with Gasteiger partial charge in [0.25, 0.3) is 0 Å². The number of ether oxygens (including phenoxy) is 1. The van der Waals surface area contributed by atoms with Crippen LogP contribution >= 0.6 is 0 Å². The molecule has 0 amide bonds. The van der Waals surface area contributed by atoms with E-state index in [0.29, 0.717) is 5.92 Å². The first-order valence-corrected chi connectivity index (χ1v) is 8.11. The minimum Gasteiger partial charge on any atom is -0.472 e. The van der Waals surface area contributed by atoms with Crippen molar-refractivity contribution in [2.45, 2.75) is 31.8 Å². The van der Waals surface area contributed by atoms with Crippen LogP contribution in [0.4, 0.5) is 0 Å². The Morgan fingerprint density at radius 1 is 1.36 bits per heavy atom. The van der Waals surface area contributed by atoms with E-state index in [1.807, 2.05) is 30.3 Å². The van der Waals surface area contributed by atoms with E-state index in [1.54, 1.807) is 6.26 Å². The van der Waals surface area contributed by atoms with Gasteiger partial charge in [0.15, 0.2) is 0 Å². The lowest BCUT2D eigenvalue weighted by molar-refractivity contribution is 0.0869. The Morgan fingerprint density at radius 3 is 3.05 bits per heavy atom. The molecule has 0 bridgehead atoms. The van der Waals surface area contributed by atoms with Gasteiger partial charge in [0.2, 0.25) is 0 Å². The molecule has 1 aliphatic heterocycles. The molecule has 1 fully saturated rings. The Morgan fingerprint density at radius 2 is 2.27 bits per heavy atom. The molecule has 0 saturated heterocycles. The maximum absolute atomic E-state index is 5.98. The van der Waals surface area contributed by atoms with Gasteiger partial charge in [0, 0.05) is 56.0 Å². The molecule has 5 nitrogen and oxygen atoms in total. The molecule has 4 rings (SSSR count). The van der Waals surface area contributed by atoms with Crippen LogP contribution in [-0.2, 0) is 24.9 Å². The lowest BCUT2D eigenvalue weighted by atomic mass is 9.96. The molecule has 2 aromatic rings. The quantitative estimate of drug-likeness (QED) is 0.822. The van der Waals surface area contributed by atoms with E-state index in [2.05, 4.69) is 10.00 Å². The van der Waals surface area contributed by atoms with Crippen molar-refractivity contribution in [2.24, 2.45) is 13.0 Å². The first-order chi connectivity index (χ1) is 10.8. The smallest absolute Gasteiger partial charge is 0.0947 e. The summed E-state index contributed by atoms with van der Waals surface area (Å²) in [7, 11) is 2.04. The van der Waals surface area contributed by atoms with Crippen LogP contribution in [0.5, 0.6) is 0 Å². The maximum atomic E-state index is 5.98. The molecule has 1 saturated carbocycles. The van der Waals surface area contributed by atoms with Crippen molar-refractivity contribution in [3.8, 4) is 0 Å². The fourth-order valence-corrected chi connectivity index (χ4v) is 3.40. The highest BCUT2D eigenvalue weighted by Crippen LogP contribution is 2.32. The van der Waals surface area contributed by atoms with E-state index >= 15 is 0 Å². The number of aromatic nitrogens is 2. The average Bonchev–Trinajstić information content (AvgIpc) is 3.04. The SMILES string of the molecule is Cn1ncc2c1[C@@H](COCC1CC1)CN(Cc1ccoc1)C2. The van der Waals surface area contributed by atoms with E-state index in [1.165, 1.54) is 29.7 Å². The number of nitrogens with zero attached hydrogens (tertiary/aromatic N) is 3. The second-order valence-corrected chi connectivity index (χ2v) is 6.66. The van der Waals surface area contributed by atoms with Gasteiger partial charge in [0.05, 0.1) is 25.3 Å². The molecule has 0 aromatic carbocycles. The van der Waals surface area contributed by atoms with Gasteiger partial charge >= 0.3 is 0 Å². The highest BCUT2D eigenvalue weighted by molar-refractivity contribution is 5.25. The molecule has 1 atom stereocenters. The van der Waals surface area contributed by atoms with Gasteiger partial charge in [-0.15, -0.1) is 0 Å². The van der Waals surface area contributed by atoms with Crippen molar-refractivity contribution < 1.29 is 9.15 Å². The Labute approximate surface area is 130 Å². The zero-order valence-electron chi connectivity index (χ0n) is 13.1. The molecule has 2 aliphatic rings. The summed E-state index contributed by atoms with van der Waals surface area (Å²) >= 11 is 0. The standard InChI is InChI=1S/C17H23N3O2/c1-19-17-15(6-18-19)8-20(7-14-4-5-21-11-14)9-16(17)12-22-10-13-2-3-13/h4-6,11,13,16H,2-3,7-10,12H2,1H3/t16-/m1/s1. The summed E-state index contributed by atoms with van der Waals surface area (Å²) < 4.78 is 13.2. The van der Waals surface area contributed by atoms with Crippen LogP contribution in [0.15, 0.2) is 29.2 Å². The third kappa shape index (κ3) is 2.96. The third-order valence-corrected chi connectivity index (χ3v) is 4.68. The molecule has 22 heavy (non-hydrogen) atoms. The maximum Gasteiger partial charge on any atom is 0.0947 e. The topological polar surface area (TPSA) is 43.4 Å². The van der Waals surface area contributed by atoms with Gasteiger partial charge in [-0.2, -0.15) is 5.10 Å². The fourth-order valence-electron chi connectivity index (χ4n) is 3.40. The Bertz CT molecular complexity index is 616. The molecule has 5 heteroatoms. The fraction of sp³-hybridized carbons (Fsp3) is 0.588. The second-order valence-electron chi connectivity index (χ2n) is 6.66. The summed E-state index contributed by atoms with van der Waals surface area (Å²) in [4.78, 5) is 2.46. The van der Waals surface area contributed by atoms with E-state index in [-0.39, 0.29) is 0 Å². The summed E-state index contributed by atoms with van der Waals surface area (Å²) in [5, 5.41) is 4.45. The molecular weight excluding hydrogens is 278 g/mol. The van der Waals surface area contributed by atoms with Gasteiger partial charge in [-0.25, -0.2) is 0 Å². The summed E-state index contributed by atoms with van der Waals surface area (Å²) in [5.74, 6) is 1.22. The van der Waals surface area contributed by atoms with Crippen molar-refractivity contribution in [1.29, 1.82) is 0 Å². The highest BCUT2D eigenvalue weighted by atomic mass is 16.5. The zero-order chi connectivity index (χ0) is 14.9. The largest absolute Gasteiger partial charge is 0.472 e. The molecule has 0 unspecified atom stereocenters. The van der Waals surface area contributed by atoms with Crippen molar-refractivity contribution in [3.05, 3.63) is 41.6 Å². The number of fused-ring (bicyclic) bond motifs is 1. The van der Waals surface area contributed by atoms with E-state index in [4.69, 9.17) is 9.15 Å². The molecule has 0 radical (unpaired) electrons. The Balaban J connectivity index is 1.46. The normalized spacial score (nSPS) is 22.0. The van der Waals surface area contributed by atoms with Crippen molar-refractivity contribution >= 4 is 0 Å². The number of hydrogen-bond donors (Lipinski definition) is 0. The molecule has 2 aromatic heterocycles. The predicted molar refractivity (Wildman–Crippen MR) is 82.3 cm³/mol. The van der Waals surface area contributed by atoms with Gasteiger partial charge in [-0.1, -0.05) is 0 Å². The molecular formula is C17H23N3O2. The van der Waals surface area contributed by atoms with Gasteiger partial charge < -0.3 is 9.15 Å². The highest BCUT2D eigenvalue weighted by Gasteiger charge is 2.30. The molecule has 0 N–H and O–H groups in total. The van der Waals surface area contributed by atoms with Crippen LogP contribution in [0.3, 0.4) is 0 Å². The lowest BCUT2D eigenvalue weighted by Gasteiger charge is -2.32. The Hall–Kier alpha value is -1.59. The summed E-state index contributed by atoms with van der Waals surface area (Å²) in [6, 6.07) is 2.04. The van der Waals surface area contributed by atoms with Gasteiger partial charge in [-0.3, -0.25) is 9.58 Å². The third-order valence-electron chi connectivity index (χ3n) is 4.68. The van der Waals surface area contributed by atoms with E-state index in [0.717, 1.165) is 38.8 Å². The average molecular weight is 301 g/mol. The minimum atomic E-state index is 0.405. The number of hydrogen-bond acceptors (Lipinski definition) is 4. The summed E-state index contributed by atoms with van der Waals surface area (Å²) in [6.07, 6.45) is 8.26. The summed E-state index contributed by atoms with van der Waals surface area (Å²) in [5.41, 5.74) is 3.90. The van der Waals surface area contributed by atoms with E-state index < -0.39 is 0 Å². The number of furan rings is 1. The first kappa shape index (κ1) is 14.0. The number of aryl methyl sites for hydroxylation is 1. The van der Waals surface area contributed by atoms with Crippen molar-refractivity contribution in [1.82, 2.24) is 14.7 Å². The second kappa shape index (κ2) is 5.89.